The van der Waals surface area contributed by atoms with Crippen LogP contribution >= 0.6 is 0 Å². The van der Waals surface area contributed by atoms with Gasteiger partial charge in [-0.25, -0.2) is 13.2 Å². The smallest absolute Gasteiger partial charge is 0.409 e. The lowest BCUT2D eigenvalue weighted by molar-refractivity contribution is -0.122. The summed E-state index contributed by atoms with van der Waals surface area (Å²) in [5.41, 5.74) is 0.962. The molecule has 0 aromatic heterocycles. The van der Waals surface area contributed by atoms with Crippen molar-refractivity contribution in [3.05, 3.63) is 29.8 Å². The number of hydrogen-bond acceptors (Lipinski definition) is 5. The molecule has 150 valence electrons. The van der Waals surface area contributed by atoms with E-state index in [1.807, 2.05) is 6.92 Å². The molecule has 2 amide bonds. The molecule has 0 atom stereocenters. The predicted molar refractivity (Wildman–Crippen MR) is 101 cm³/mol. The average Bonchev–Trinajstić information content (AvgIpc) is 2.62. The number of hydrogen-bond donors (Lipinski definition) is 1. The first-order valence-electron chi connectivity index (χ1n) is 8.98. The zero-order valence-corrected chi connectivity index (χ0v) is 16.8. The molecule has 1 fully saturated rings. The minimum atomic E-state index is -3.71. The average molecular weight is 397 g/mol. The van der Waals surface area contributed by atoms with Gasteiger partial charge in [0, 0.05) is 26.2 Å². The Morgan fingerprint density at radius 1 is 1.22 bits per heavy atom. The molecule has 1 aliphatic rings. The molecule has 0 spiro atoms. The van der Waals surface area contributed by atoms with Crippen LogP contribution in [0.3, 0.4) is 0 Å². The first kappa shape index (κ1) is 21.2. The molecular weight excluding hydrogens is 370 g/mol. The highest BCUT2D eigenvalue weighted by atomic mass is 32.2. The highest BCUT2D eigenvalue weighted by Crippen LogP contribution is 2.15. The number of amides is 2. The Labute approximate surface area is 160 Å². The van der Waals surface area contributed by atoms with Crippen molar-refractivity contribution in [1.82, 2.24) is 14.5 Å². The van der Waals surface area contributed by atoms with E-state index in [1.165, 1.54) is 19.2 Å². The lowest BCUT2D eigenvalue weighted by atomic mass is 10.1. The van der Waals surface area contributed by atoms with E-state index in [2.05, 4.69) is 5.32 Å². The molecule has 0 unspecified atom stereocenters. The summed E-state index contributed by atoms with van der Waals surface area (Å²) >= 11 is 0. The van der Waals surface area contributed by atoms with Crippen molar-refractivity contribution in [2.75, 3.05) is 33.3 Å². The molecule has 0 aliphatic carbocycles. The van der Waals surface area contributed by atoms with Crippen LogP contribution in [0.4, 0.5) is 4.79 Å². The van der Waals surface area contributed by atoms with Gasteiger partial charge in [0.05, 0.1) is 18.0 Å². The quantitative estimate of drug-likeness (QED) is 0.782. The van der Waals surface area contributed by atoms with E-state index in [4.69, 9.17) is 4.74 Å². The number of carbonyl (C=O) groups excluding carboxylic acids is 2. The molecule has 1 saturated heterocycles. The Balaban J connectivity index is 1.85. The zero-order valence-electron chi connectivity index (χ0n) is 16.0. The van der Waals surface area contributed by atoms with Crippen molar-refractivity contribution in [3.8, 4) is 0 Å². The number of likely N-dealkylation sites (N-methyl/N-ethyl adjacent to an activating group) is 1. The SMILES string of the molecule is CCOC(=O)N1CCC(NC(=O)CN(C)S(=O)(=O)c2ccc(C)cc2)CC1. The highest BCUT2D eigenvalue weighted by Gasteiger charge is 2.27. The number of nitrogens with one attached hydrogen (secondary N) is 1. The largest absolute Gasteiger partial charge is 0.450 e. The van der Waals surface area contributed by atoms with Crippen molar-refractivity contribution in [2.24, 2.45) is 0 Å². The molecular formula is C18H27N3O5S. The molecule has 2 rings (SSSR count). The summed E-state index contributed by atoms with van der Waals surface area (Å²) in [6.45, 7) is 4.71. The van der Waals surface area contributed by atoms with Crippen LogP contribution in [0, 0.1) is 6.92 Å². The van der Waals surface area contributed by atoms with E-state index in [1.54, 1.807) is 24.0 Å². The summed E-state index contributed by atoms with van der Waals surface area (Å²) in [4.78, 5) is 25.7. The van der Waals surface area contributed by atoms with Gasteiger partial charge in [0.2, 0.25) is 15.9 Å². The normalized spacial score (nSPS) is 15.6. The fraction of sp³-hybridized carbons (Fsp3) is 0.556. The first-order chi connectivity index (χ1) is 12.7. The van der Waals surface area contributed by atoms with Crippen molar-refractivity contribution in [3.63, 3.8) is 0 Å². The Kier molecular flexibility index (Phi) is 7.20. The number of sulfonamides is 1. The lowest BCUT2D eigenvalue weighted by Gasteiger charge is -2.31. The van der Waals surface area contributed by atoms with Gasteiger partial charge in [-0.1, -0.05) is 17.7 Å². The number of carbonyl (C=O) groups is 2. The molecule has 8 nitrogen and oxygen atoms in total. The Morgan fingerprint density at radius 2 is 1.81 bits per heavy atom. The molecule has 0 saturated carbocycles. The van der Waals surface area contributed by atoms with Gasteiger partial charge in [0.15, 0.2) is 0 Å². The number of piperidine rings is 1. The van der Waals surface area contributed by atoms with Crippen molar-refractivity contribution in [1.29, 1.82) is 0 Å². The molecule has 0 bridgehead atoms. The van der Waals surface area contributed by atoms with Gasteiger partial charge >= 0.3 is 6.09 Å². The number of rotatable bonds is 6. The topological polar surface area (TPSA) is 96.0 Å². The Bertz CT molecular complexity index is 756. The molecule has 0 radical (unpaired) electrons. The van der Waals surface area contributed by atoms with Crippen LogP contribution in [-0.4, -0.2) is 69.0 Å². The Hall–Kier alpha value is -2.13. The number of nitrogens with zero attached hydrogens (tertiary/aromatic N) is 2. The summed E-state index contributed by atoms with van der Waals surface area (Å²) in [6, 6.07) is 6.42. The van der Waals surface area contributed by atoms with Crippen LogP contribution in [0.5, 0.6) is 0 Å². The third-order valence-electron chi connectivity index (χ3n) is 4.48. The summed E-state index contributed by atoms with van der Waals surface area (Å²) in [6.07, 6.45) is 0.879. The monoisotopic (exact) mass is 397 g/mol. The zero-order chi connectivity index (χ0) is 20.0. The summed E-state index contributed by atoms with van der Waals surface area (Å²) in [7, 11) is -2.33. The first-order valence-corrected chi connectivity index (χ1v) is 10.4. The van der Waals surface area contributed by atoms with Gasteiger partial charge in [0.25, 0.3) is 0 Å². The van der Waals surface area contributed by atoms with Gasteiger partial charge in [-0.15, -0.1) is 0 Å². The van der Waals surface area contributed by atoms with E-state index in [9.17, 15) is 18.0 Å². The molecule has 27 heavy (non-hydrogen) atoms. The molecule has 1 aromatic carbocycles. The van der Waals surface area contributed by atoms with E-state index >= 15 is 0 Å². The molecule has 1 heterocycles. The minimum Gasteiger partial charge on any atom is -0.450 e. The summed E-state index contributed by atoms with van der Waals surface area (Å²) in [5, 5.41) is 2.85. The number of likely N-dealkylation sites (tertiary alicyclic amines) is 1. The van der Waals surface area contributed by atoms with E-state index in [0.717, 1.165) is 9.87 Å². The number of benzene rings is 1. The Morgan fingerprint density at radius 3 is 2.37 bits per heavy atom. The number of aryl methyl sites for hydroxylation is 1. The second-order valence-corrected chi connectivity index (χ2v) is 8.65. The van der Waals surface area contributed by atoms with Gasteiger partial charge in [-0.2, -0.15) is 4.31 Å². The van der Waals surface area contributed by atoms with Crippen LogP contribution in [0.1, 0.15) is 25.3 Å². The molecule has 1 N–H and O–H groups in total. The maximum atomic E-state index is 12.5. The molecule has 9 heteroatoms. The van der Waals surface area contributed by atoms with E-state index in [-0.39, 0.29) is 29.5 Å². The van der Waals surface area contributed by atoms with E-state index < -0.39 is 10.0 Å². The van der Waals surface area contributed by atoms with Crippen molar-refractivity contribution >= 4 is 22.0 Å². The maximum Gasteiger partial charge on any atom is 0.409 e. The van der Waals surface area contributed by atoms with E-state index in [0.29, 0.717) is 32.5 Å². The molecule has 1 aliphatic heterocycles. The fourth-order valence-electron chi connectivity index (χ4n) is 2.87. The highest BCUT2D eigenvalue weighted by molar-refractivity contribution is 7.89. The van der Waals surface area contributed by atoms with Gasteiger partial charge in [-0.3, -0.25) is 4.79 Å². The minimum absolute atomic E-state index is 0.0846. The summed E-state index contributed by atoms with van der Waals surface area (Å²) in [5.74, 6) is -0.359. The number of ether oxygens (including phenoxy) is 1. The lowest BCUT2D eigenvalue weighted by Crippen LogP contribution is -2.49. The van der Waals surface area contributed by atoms with Gasteiger partial charge in [0.1, 0.15) is 0 Å². The predicted octanol–water partition coefficient (Wildman–Crippen LogP) is 1.35. The standard InChI is InChI=1S/C18H27N3O5S/c1-4-26-18(23)21-11-9-15(10-12-21)19-17(22)13-20(3)27(24,25)16-7-5-14(2)6-8-16/h5-8,15H,4,9-13H2,1-3H3,(H,19,22). The van der Waals surface area contributed by atoms with Crippen LogP contribution < -0.4 is 5.32 Å². The van der Waals surface area contributed by atoms with Crippen molar-refractivity contribution in [2.45, 2.75) is 37.6 Å². The van der Waals surface area contributed by atoms with Crippen LogP contribution in [0.2, 0.25) is 0 Å². The van der Waals surface area contributed by atoms with Crippen LogP contribution in [-0.2, 0) is 19.6 Å². The fourth-order valence-corrected chi connectivity index (χ4v) is 4.00. The second-order valence-electron chi connectivity index (χ2n) is 6.60. The maximum absolute atomic E-state index is 12.5. The van der Waals surface area contributed by atoms with Gasteiger partial charge < -0.3 is 15.0 Å². The second kappa shape index (κ2) is 9.18. The van der Waals surface area contributed by atoms with Crippen LogP contribution in [0.25, 0.3) is 0 Å². The van der Waals surface area contributed by atoms with Gasteiger partial charge in [-0.05, 0) is 38.8 Å². The third kappa shape index (κ3) is 5.67. The van der Waals surface area contributed by atoms with Crippen molar-refractivity contribution < 1.29 is 22.7 Å². The third-order valence-corrected chi connectivity index (χ3v) is 6.30. The van der Waals surface area contributed by atoms with Crippen LogP contribution in [0.15, 0.2) is 29.2 Å². The summed E-state index contributed by atoms with van der Waals surface area (Å²) < 4.78 is 31.1. The molecule has 1 aromatic rings.